The quantitative estimate of drug-likeness (QED) is 0.923. The Morgan fingerprint density at radius 2 is 2.11 bits per heavy atom. The van der Waals surface area contributed by atoms with Gasteiger partial charge in [-0.05, 0) is 37.8 Å². The van der Waals surface area contributed by atoms with Crippen LogP contribution in [-0.2, 0) is 4.74 Å². The molecule has 0 aliphatic carbocycles. The number of benzene rings is 1. The Balaban J connectivity index is 1.70. The van der Waals surface area contributed by atoms with E-state index in [-0.39, 0.29) is 0 Å². The molecule has 0 saturated carbocycles. The fourth-order valence-electron chi connectivity index (χ4n) is 2.84. The molecule has 0 bridgehead atoms. The molecule has 19 heavy (non-hydrogen) atoms. The second-order valence-corrected chi connectivity index (χ2v) is 6.18. The summed E-state index contributed by atoms with van der Waals surface area (Å²) in [5.41, 5.74) is 1.28. The van der Waals surface area contributed by atoms with Crippen LogP contribution in [0, 0.1) is 0 Å². The van der Waals surface area contributed by atoms with Crippen molar-refractivity contribution in [2.75, 3.05) is 19.8 Å². The van der Waals surface area contributed by atoms with Crippen molar-refractivity contribution < 1.29 is 9.47 Å². The minimum absolute atomic E-state index is 0.384. The lowest BCUT2D eigenvalue weighted by molar-refractivity contribution is 0.107. The van der Waals surface area contributed by atoms with Gasteiger partial charge in [0.1, 0.15) is 5.75 Å². The van der Waals surface area contributed by atoms with E-state index in [2.05, 4.69) is 39.4 Å². The first-order valence-electron chi connectivity index (χ1n) is 7.10. The maximum absolute atomic E-state index is 5.83. The molecule has 2 heterocycles. The van der Waals surface area contributed by atoms with Gasteiger partial charge in [-0.15, -0.1) is 0 Å². The summed E-state index contributed by atoms with van der Waals surface area (Å²) in [4.78, 5) is 0. The number of nitrogens with one attached hydrogen (secondary N) is 1. The minimum atomic E-state index is 0.384. The largest absolute Gasteiger partial charge is 0.493 e. The molecule has 1 saturated heterocycles. The van der Waals surface area contributed by atoms with Crippen molar-refractivity contribution in [1.29, 1.82) is 0 Å². The molecule has 0 spiro atoms. The van der Waals surface area contributed by atoms with E-state index < -0.39 is 0 Å². The van der Waals surface area contributed by atoms with Crippen LogP contribution in [0.2, 0.25) is 0 Å². The average Bonchev–Trinajstić information content (AvgIpc) is 2.84. The van der Waals surface area contributed by atoms with Crippen LogP contribution in [0.3, 0.4) is 0 Å². The van der Waals surface area contributed by atoms with Gasteiger partial charge in [-0.2, -0.15) is 0 Å². The van der Waals surface area contributed by atoms with Crippen LogP contribution in [0.5, 0.6) is 5.75 Å². The summed E-state index contributed by atoms with van der Waals surface area (Å²) in [5, 5.41) is 3.66. The van der Waals surface area contributed by atoms with E-state index in [1.54, 1.807) is 0 Å². The maximum Gasteiger partial charge on any atom is 0.125 e. The smallest absolute Gasteiger partial charge is 0.125 e. The second-order valence-electron chi connectivity index (χ2n) is 5.27. The van der Waals surface area contributed by atoms with Gasteiger partial charge in [0.25, 0.3) is 0 Å². The van der Waals surface area contributed by atoms with Crippen LogP contribution in [-0.4, -0.2) is 25.9 Å². The first-order chi connectivity index (χ1) is 9.33. The summed E-state index contributed by atoms with van der Waals surface area (Å²) in [6, 6.07) is 6.71. The minimum Gasteiger partial charge on any atom is -0.493 e. The molecule has 2 aliphatic heterocycles. The number of ether oxygens (including phenoxy) is 2. The molecular formula is C15H20BrNO2. The Kier molecular flexibility index (Phi) is 4.41. The average molecular weight is 326 g/mol. The van der Waals surface area contributed by atoms with Crippen LogP contribution in [0.4, 0.5) is 0 Å². The topological polar surface area (TPSA) is 30.5 Å². The van der Waals surface area contributed by atoms with E-state index >= 15 is 0 Å². The lowest BCUT2D eigenvalue weighted by atomic mass is 10.0. The van der Waals surface area contributed by atoms with Gasteiger partial charge in [-0.1, -0.05) is 22.0 Å². The van der Waals surface area contributed by atoms with E-state index in [0.717, 1.165) is 42.8 Å². The molecule has 0 aromatic heterocycles. The molecule has 3 nitrogen and oxygen atoms in total. The summed E-state index contributed by atoms with van der Waals surface area (Å²) >= 11 is 3.51. The van der Waals surface area contributed by atoms with Gasteiger partial charge in [-0.3, -0.25) is 0 Å². The third-order valence-electron chi connectivity index (χ3n) is 3.86. The van der Waals surface area contributed by atoms with E-state index in [1.807, 2.05) is 0 Å². The molecule has 1 aromatic rings. The molecule has 104 valence electrons. The van der Waals surface area contributed by atoms with Crippen molar-refractivity contribution in [2.45, 2.75) is 37.8 Å². The Bertz CT molecular complexity index is 432. The van der Waals surface area contributed by atoms with Gasteiger partial charge in [0.05, 0.1) is 12.7 Å². The molecule has 1 aromatic carbocycles. The number of hydrogen-bond donors (Lipinski definition) is 1. The number of halogens is 1. The van der Waals surface area contributed by atoms with Crippen LogP contribution < -0.4 is 10.1 Å². The van der Waals surface area contributed by atoms with Gasteiger partial charge in [0.2, 0.25) is 0 Å². The van der Waals surface area contributed by atoms with Gasteiger partial charge in [0, 0.05) is 29.2 Å². The van der Waals surface area contributed by atoms with Gasteiger partial charge < -0.3 is 14.8 Å². The summed E-state index contributed by atoms with van der Waals surface area (Å²) in [7, 11) is 0. The zero-order valence-electron chi connectivity index (χ0n) is 11.0. The Morgan fingerprint density at radius 1 is 1.21 bits per heavy atom. The van der Waals surface area contributed by atoms with Crippen LogP contribution in [0.1, 0.15) is 37.3 Å². The first-order valence-corrected chi connectivity index (χ1v) is 7.89. The summed E-state index contributed by atoms with van der Waals surface area (Å²) in [5.74, 6) is 1.01. The van der Waals surface area contributed by atoms with Crippen LogP contribution >= 0.6 is 15.9 Å². The van der Waals surface area contributed by atoms with E-state index in [0.29, 0.717) is 12.1 Å². The second kappa shape index (κ2) is 6.25. The number of rotatable bonds is 3. The van der Waals surface area contributed by atoms with Crippen molar-refractivity contribution in [3.8, 4) is 5.75 Å². The maximum atomic E-state index is 5.83. The molecule has 0 radical (unpaired) electrons. The zero-order chi connectivity index (χ0) is 13.1. The lowest BCUT2D eigenvalue weighted by Crippen LogP contribution is -2.30. The Hall–Kier alpha value is -0.580. The van der Waals surface area contributed by atoms with Crippen molar-refractivity contribution in [1.82, 2.24) is 5.32 Å². The highest BCUT2D eigenvalue weighted by Gasteiger charge is 2.22. The third kappa shape index (κ3) is 3.30. The molecular weight excluding hydrogens is 306 g/mol. The van der Waals surface area contributed by atoms with Gasteiger partial charge in [0.15, 0.2) is 0 Å². The van der Waals surface area contributed by atoms with Crippen LogP contribution in [0.25, 0.3) is 0 Å². The molecule has 1 N–H and O–H groups in total. The lowest BCUT2D eigenvalue weighted by Gasteiger charge is -2.20. The predicted octanol–water partition coefficient (Wildman–Crippen LogP) is 3.43. The van der Waals surface area contributed by atoms with Crippen molar-refractivity contribution in [3.05, 3.63) is 28.2 Å². The van der Waals surface area contributed by atoms with E-state index in [4.69, 9.17) is 9.47 Å². The zero-order valence-corrected chi connectivity index (χ0v) is 12.6. The summed E-state index contributed by atoms with van der Waals surface area (Å²) in [6.07, 6.45) is 4.99. The summed E-state index contributed by atoms with van der Waals surface area (Å²) < 4.78 is 12.6. The summed E-state index contributed by atoms with van der Waals surface area (Å²) in [6.45, 7) is 2.67. The number of hydrogen-bond acceptors (Lipinski definition) is 3. The van der Waals surface area contributed by atoms with Crippen molar-refractivity contribution in [2.24, 2.45) is 0 Å². The monoisotopic (exact) mass is 325 g/mol. The molecule has 2 unspecified atom stereocenters. The van der Waals surface area contributed by atoms with Crippen molar-refractivity contribution >= 4 is 15.9 Å². The highest BCUT2D eigenvalue weighted by atomic mass is 79.9. The molecule has 0 amide bonds. The fraction of sp³-hybridized carbons (Fsp3) is 0.600. The van der Waals surface area contributed by atoms with E-state index in [1.165, 1.54) is 18.4 Å². The molecule has 3 rings (SSSR count). The Labute approximate surface area is 122 Å². The highest BCUT2D eigenvalue weighted by Crippen LogP contribution is 2.33. The van der Waals surface area contributed by atoms with Crippen molar-refractivity contribution in [3.63, 3.8) is 0 Å². The standard InChI is InChI=1S/C15H20BrNO2/c16-11-5-6-13-14(4-2-8-19-15(13)9-11)17-10-12-3-1-7-18-12/h5-6,9,12,14,17H,1-4,7-8,10H2. The van der Waals surface area contributed by atoms with E-state index in [9.17, 15) is 0 Å². The molecule has 2 aliphatic rings. The molecule has 4 heteroatoms. The van der Waals surface area contributed by atoms with Crippen LogP contribution in [0.15, 0.2) is 22.7 Å². The molecule has 1 fully saturated rings. The SMILES string of the molecule is Brc1ccc2c(c1)OCCCC2NCC1CCCO1. The molecule has 2 atom stereocenters. The fourth-order valence-corrected chi connectivity index (χ4v) is 3.18. The third-order valence-corrected chi connectivity index (χ3v) is 4.35. The normalized spacial score (nSPS) is 26.6. The highest BCUT2D eigenvalue weighted by molar-refractivity contribution is 9.10. The van der Waals surface area contributed by atoms with Gasteiger partial charge in [-0.25, -0.2) is 0 Å². The Morgan fingerprint density at radius 3 is 2.95 bits per heavy atom. The first kappa shape index (κ1) is 13.4. The van der Waals surface area contributed by atoms with Gasteiger partial charge >= 0.3 is 0 Å². The number of fused-ring (bicyclic) bond motifs is 1. The predicted molar refractivity (Wildman–Crippen MR) is 78.6 cm³/mol.